The number of anilines is 1. The number of amides is 1. The first kappa shape index (κ1) is 24.2. The van der Waals surface area contributed by atoms with E-state index in [1.165, 1.54) is 5.56 Å². The maximum Gasteiger partial charge on any atom is 0.225 e. The van der Waals surface area contributed by atoms with Crippen LogP contribution in [0.15, 0.2) is 60.0 Å². The van der Waals surface area contributed by atoms with Gasteiger partial charge in [-0.25, -0.2) is 4.98 Å². The number of hydrogen-bond donors (Lipinski definition) is 1. The Balaban J connectivity index is 1.15. The van der Waals surface area contributed by atoms with Gasteiger partial charge in [0.25, 0.3) is 0 Å². The van der Waals surface area contributed by atoms with Crippen LogP contribution in [0, 0.1) is 11.8 Å². The summed E-state index contributed by atoms with van der Waals surface area (Å²) < 4.78 is 0. The molecule has 8 nitrogen and oxygen atoms in total. The predicted molar refractivity (Wildman–Crippen MR) is 141 cm³/mol. The van der Waals surface area contributed by atoms with Gasteiger partial charge in [0.2, 0.25) is 5.91 Å². The number of piperidine rings is 2. The zero-order chi connectivity index (χ0) is 24.9. The topological polar surface area (TPSA) is 96.9 Å². The number of aromatic nitrogens is 2. The van der Waals surface area contributed by atoms with E-state index in [2.05, 4.69) is 43.1 Å². The van der Waals surface area contributed by atoms with Crippen molar-refractivity contribution in [2.24, 2.45) is 17.0 Å². The van der Waals surface area contributed by atoms with Gasteiger partial charge >= 0.3 is 0 Å². The lowest BCUT2D eigenvalue weighted by Gasteiger charge is -2.37. The standard InChI is InChI=1S/C28H34N6O2/c1-36-32-27(25-17-23-4-2-3-5-24(23)18-31-25)21-9-14-34(15-10-21)28(35)22-7-12-33(13-8-22)19-20-6-11-30-26(29)16-20/h2-6,11,16-18,21-22H,7-10,12-15,19H2,1H3,(H2,29,30). The van der Waals surface area contributed by atoms with Gasteiger partial charge in [-0.3, -0.25) is 14.7 Å². The van der Waals surface area contributed by atoms with Gasteiger partial charge in [-0.1, -0.05) is 29.4 Å². The monoisotopic (exact) mass is 486 g/mol. The Hall–Kier alpha value is -3.52. The molecule has 0 aliphatic carbocycles. The second-order valence-electron chi connectivity index (χ2n) is 9.81. The number of benzene rings is 1. The molecule has 2 aromatic heterocycles. The number of carbonyl (C=O) groups is 1. The quantitative estimate of drug-likeness (QED) is 0.421. The van der Waals surface area contributed by atoms with E-state index >= 15 is 0 Å². The van der Waals surface area contributed by atoms with Crippen LogP contribution in [-0.2, 0) is 16.2 Å². The number of pyridine rings is 2. The Labute approximate surface area is 212 Å². The van der Waals surface area contributed by atoms with Crippen molar-refractivity contribution in [3.8, 4) is 0 Å². The van der Waals surface area contributed by atoms with E-state index in [0.717, 1.165) is 80.6 Å². The van der Waals surface area contributed by atoms with E-state index in [4.69, 9.17) is 10.6 Å². The van der Waals surface area contributed by atoms with E-state index < -0.39 is 0 Å². The maximum atomic E-state index is 13.3. The van der Waals surface area contributed by atoms with E-state index in [-0.39, 0.29) is 11.8 Å². The lowest BCUT2D eigenvalue weighted by molar-refractivity contribution is -0.138. The second kappa shape index (κ2) is 11.0. The molecule has 2 aliphatic heterocycles. The molecule has 0 bridgehead atoms. The summed E-state index contributed by atoms with van der Waals surface area (Å²) in [6.07, 6.45) is 7.18. The van der Waals surface area contributed by atoms with Crippen molar-refractivity contribution < 1.29 is 9.63 Å². The van der Waals surface area contributed by atoms with Crippen LogP contribution in [0.2, 0.25) is 0 Å². The minimum absolute atomic E-state index is 0.106. The molecule has 0 atom stereocenters. The number of likely N-dealkylation sites (tertiary alicyclic amines) is 2. The first-order valence-corrected chi connectivity index (χ1v) is 12.8. The lowest BCUT2D eigenvalue weighted by atomic mass is 9.88. The number of nitrogens with two attached hydrogens (primary N) is 1. The smallest absolute Gasteiger partial charge is 0.225 e. The average Bonchev–Trinajstić information content (AvgIpc) is 2.92. The molecule has 2 fully saturated rings. The Kier molecular flexibility index (Phi) is 7.41. The summed E-state index contributed by atoms with van der Waals surface area (Å²) in [5.41, 5.74) is 8.71. The summed E-state index contributed by atoms with van der Waals surface area (Å²) in [4.78, 5) is 31.7. The van der Waals surface area contributed by atoms with Crippen molar-refractivity contribution in [2.45, 2.75) is 32.2 Å². The highest BCUT2D eigenvalue weighted by Crippen LogP contribution is 2.27. The molecule has 0 saturated carbocycles. The van der Waals surface area contributed by atoms with Crippen LogP contribution in [0.1, 0.15) is 36.9 Å². The van der Waals surface area contributed by atoms with Crippen molar-refractivity contribution in [2.75, 3.05) is 39.0 Å². The number of nitrogens with zero attached hydrogens (tertiary/aromatic N) is 5. The van der Waals surface area contributed by atoms with Crippen molar-refractivity contribution in [3.05, 3.63) is 66.1 Å². The Morgan fingerprint density at radius 3 is 2.44 bits per heavy atom. The third-order valence-corrected chi connectivity index (χ3v) is 7.46. The van der Waals surface area contributed by atoms with Crippen LogP contribution in [0.25, 0.3) is 10.8 Å². The van der Waals surface area contributed by atoms with Gasteiger partial charge in [0, 0.05) is 49.2 Å². The number of hydrogen-bond acceptors (Lipinski definition) is 7. The summed E-state index contributed by atoms with van der Waals surface area (Å²) in [6.45, 7) is 4.19. The highest BCUT2D eigenvalue weighted by molar-refractivity contribution is 6.02. The molecule has 2 N–H and O–H groups in total. The Morgan fingerprint density at radius 2 is 1.72 bits per heavy atom. The summed E-state index contributed by atoms with van der Waals surface area (Å²) in [7, 11) is 1.58. The highest BCUT2D eigenvalue weighted by Gasteiger charge is 2.33. The SMILES string of the molecule is CON=C(c1cc2ccccc2cn1)C1CCN(C(=O)C2CCN(Cc3ccnc(N)c3)CC2)CC1. The van der Waals surface area contributed by atoms with Crippen molar-refractivity contribution in [1.82, 2.24) is 19.8 Å². The predicted octanol–water partition coefficient (Wildman–Crippen LogP) is 3.71. The first-order chi connectivity index (χ1) is 17.6. The molecule has 3 aromatic rings. The van der Waals surface area contributed by atoms with Crippen molar-refractivity contribution in [3.63, 3.8) is 0 Å². The number of nitrogen functional groups attached to an aromatic ring is 1. The Morgan fingerprint density at radius 1 is 1.00 bits per heavy atom. The fourth-order valence-corrected chi connectivity index (χ4v) is 5.47. The molecule has 0 radical (unpaired) electrons. The van der Waals surface area contributed by atoms with Crippen LogP contribution in [0.5, 0.6) is 0 Å². The molecular formula is C28H34N6O2. The van der Waals surface area contributed by atoms with Crippen molar-refractivity contribution in [1.29, 1.82) is 0 Å². The van der Waals surface area contributed by atoms with Crippen LogP contribution in [0.3, 0.4) is 0 Å². The summed E-state index contributed by atoms with van der Waals surface area (Å²) in [5, 5.41) is 6.61. The molecule has 1 aromatic carbocycles. The molecule has 2 saturated heterocycles. The van der Waals surface area contributed by atoms with Crippen LogP contribution >= 0.6 is 0 Å². The number of carbonyl (C=O) groups excluding carboxylic acids is 1. The number of fused-ring (bicyclic) bond motifs is 1. The van der Waals surface area contributed by atoms with E-state index in [1.807, 2.05) is 30.5 Å². The first-order valence-electron chi connectivity index (χ1n) is 12.8. The fraction of sp³-hybridized carbons (Fsp3) is 0.429. The molecule has 8 heteroatoms. The normalized spacial score (nSPS) is 18.5. The summed E-state index contributed by atoms with van der Waals surface area (Å²) >= 11 is 0. The molecule has 0 unspecified atom stereocenters. The van der Waals surface area contributed by atoms with E-state index in [0.29, 0.717) is 11.7 Å². The third kappa shape index (κ3) is 5.49. The molecule has 1 amide bonds. The molecule has 4 heterocycles. The summed E-state index contributed by atoms with van der Waals surface area (Å²) in [5.74, 6) is 1.18. The average molecular weight is 487 g/mol. The largest absolute Gasteiger partial charge is 0.399 e. The molecular weight excluding hydrogens is 452 g/mol. The molecule has 0 spiro atoms. The van der Waals surface area contributed by atoms with Gasteiger partial charge in [0.05, 0.1) is 5.69 Å². The highest BCUT2D eigenvalue weighted by atomic mass is 16.6. The number of rotatable bonds is 6. The van der Waals surface area contributed by atoms with Gasteiger partial charge in [-0.15, -0.1) is 0 Å². The second-order valence-corrected chi connectivity index (χ2v) is 9.81. The van der Waals surface area contributed by atoms with Gasteiger partial charge in [0.15, 0.2) is 0 Å². The van der Waals surface area contributed by atoms with Crippen LogP contribution < -0.4 is 5.73 Å². The summed E-state index contributed by atoms with van der Waals surface area (Å²) in [6, 6.07) is 14.2. The van der Waals surface area contributed by atoms with Crippen LogP contribution in [0.4, 0.5) is 5.82 Å². The number of oxime groups is 1. The Bertz CT molecular complexity index is 1230. The minimum atomic E-state index is 0.106. The molecule has 5 rings (SSSR count). The molecule has 188 valence electrons. The van der Waals surface area contributed by atoms with E-state index in [1.54, 1.807) is 13.3 Å². The zero-order valence-corrected chi connectivity index (χ0v) is 20.8. The van der Waals surface area contributed by atoms with Crippen molar-refractivity contribution >= 4 is 28.2 Å². The zero-order valence-electron chi connectivity index (χ0n) is 20.8. The van der Waals surface area contributed by atoms with Gasteiger partial charge < -0.3 is 15.5 Å². The van der Waals surface area contributed by atoms with Crippen LogP contribution in [-0.4, -0.2) is 64.7 Å². The molecule has 36 heavy (non-hydrogen) atoms. The lowest BCUT2D eigenvalue weighted by Crippen LogP contribution is -2.46. The van der Waals surface area contributed by atoms with Gasteiger partial charge in [0.1, 0.15) is 18.6 Å². The van der Waals surface area contributed by atoms with Gasteiger partial charge in [-0.05, 0) is 67.9 Å². The fourth-order valence-electron chi connectivity index (χ4n) is 5.47. The minimum Gasteiger partial charge on any atom is -0.399 e. The molecule has 2 aliphatic rings. The van der Waals surface area contributed by atoms with Gasteiger partial charge in [-0.2, -0.15) is 0 Å². The third-order valence-electron chi connectivity index (χ3n) is 7.46. The van der Waals surface area contributed by atoms with E-state index in [9.17, 15) is 4.79 Å². The maximum absolute atomic E-state index is 13.3.